The van der Waals surface area contributed by atoms with Crippen molar-refractivity contribution in [2.75, 3.05) is 19.7 Å². The summed E-state index contributed by atoms with van der Waals surface area (Å²) < 4.78 is 46.1. The largest absolute Gasteiger partial charge is 0.487 e. The van der Waals surface area contributed by atoms with Gasteiger partial charge in [-0.3, -0.25) is 4.98 Å². The van der Waals surface area contributed by atoms with Crippen LogP contribution in [0, 0.1) is 11.3 Å². The molecule has 34 heavy (non-hydrogen) atoms. The number of oxazole rings is 1. The topological polar surface area (TPSA) is 102 Å². The van der Waals surface area contributed by atoms with E-state index in [1.165, 1.54) is 16.4 Å². The second-order valence-electron chi connectivity index (χ2n) is 10.4. The molecule has 1 N–H and O–H groups in total. The summed E-state index contributed by atoms with van der Waals surface area (Å²) in [5, 5.41) is 0. The van der Waals surface area contributed by atoms with Crippen molar-refractivity contribution >= 4 is 21.1 Å². The van der Waals surface area contributed by atoms with Crippen molar-refractivity contribution in [2.24, 2.45) is 11.3 Å². The Balaban J connectivity index is 1.21. The first kappa shape index (κ1) is 21.9. The highest BCUT2D eigenvalue weighted by Crippen LogP contribution is 2.55. The van der Waals surface area contributed by atoms with Gasteiger partial charge in [-0.2, -0.15) is 4.31 Å². The third kappa shape index (κ3) is 3.40. The Kier molecular flexibility index (Phi) is 4.79. The number of sulfonamides is 1. The lowest BCUT2D eigenvalue weighted by molar-refractivity contribution is -0.172. The van der Waals surface area contributed by atoms with Gasteiger partial charge in [0.1, 0.15) is 11.4 Å². The predicted octanol–water partition coefficient (Wildman–Crippen LogP) is 3.84. The normalized spacial score (nSPS) is 26.1. The number of nitrogens with zero attached hydrogens (tertiary/aromatic N) is 1. The molecular formula is C25H28N2O6S. The van der Waals surface area contributed by atoms with Crippen LogP contribution < -0.4 is 10.5 Å². The monoisotopic (exact) mass is 484 g/mol. The first-order valence-corrected chi connectivity index (χ1v) is 13.1. The van der Waals surface area contributed by atoms with Crippen LogP contribution in [-0.2, 0) is 14.8 Å². The van der Waals surface area contributed by atoms with Crippen LogP contribution >= 0.6 is 0 Å². The van der Waals surface area contributed by atoms with E-state index in [1.54, 1.807) is 6.07 Å². The molecular weight excluding hydrogens is 456 g/mol. The Bertz CT molecular complexity index is 1410. The Morgan fingerprint density at radius 3 is 2.65 bits per heavy atom. The number of nitrogens with one attached hydrogen (secondary N) is 1. The molecule has 2 aromatic carbocycles. The van der Waals surface area contributed by atoms with Crippen LogP contribution in [0.5, 0.6) is 5.75 Å². The molecule has 0 amide bonds. The summed E-state index contributed by atoms with van der Waals surface area (Å²) in [5.74, 6) is 0.483. The van der Waals surface area contributed by atoms with E-state index in [0.29, 0.717) is 25.2 Å². The fourth-order valence-electron chi connectivity index (χ4n) is 5.88. The fraction of sp³-hybridized carbons (Fsp3) is 0.480. The number of aromatic amines is 1. The van der Waals surface area contributed by atoms with E-state index in [1.807, 2.05) is 18.2 Å². The van der Waals surface area contributed by atoms with Crippen molar-refractivity contribution in [3.8, 4) is 5.75 Å². The number of fused-ring (bicyclic) bond motifs is 4. The average molecular weight is 485 g/mol. The van der Waals surface area contributed by atoms with Crippen LogP contribution in [0.4, 0.5) is 0 Å². The second-order valence-corrected chi connectivity index (χ2v) is 12.3. The SMILES string of the molecule is CC1(C)Oc2ccccc2[C@H]2OCC3(CCN(S(=O)(=O)c4ccc5[nH]c(=O)oc5c4)CC3)C[C@@H]21. The Hall–Kier alpha value is -2.62. The maximum atomic E-state index is 13.3. The second kappa shape index (κ2) is 7.44. The number of benzene rings is 2. The summed E-state index contributed by atoms with van der Waals surface area (Å²) in [5.41, 5.74) is 1.39. The summed E-state index contributed by atoms with van der Waals surface area (Å²) >= 11 is 0. The van der Waals surface area contributed by atoms with Crippen molar-refractivity contribution in [1.82, 2.24) is 9.29 Å². The Labute approximate surface area is 197 Å². The number of aromatic nitrogens is 1. The van der Waals surface area contributed by atoms with Gasteiger partial charge in [0.2, 0.25) is 10.0 Å². The predicted molar refractivity (Wildman–Crippen MR) is 125 cm³/mol. The van der Waals surface area contributed by atoms with Gasteiger partial charge in [0, 0.05) is 30.6 Å². The maximum Gasteiger partial charge on any atom is 0.417 e. The summed E-state index contributed by atoms with van der Waals surface area (Å²) in [7, 11) is -3.69. The highest BCUT2D eigenvalue weighted by atomic mass is 32.2. The van der Waals surface area contributed by atoms with Crippen molar-refractivity contribution in [2.45, 2.75) is 49.7 Å². The van der Waals surface area contributed by atoms with Crippen molar-refractivity contribution < 1.29 is 22.3 Å². The highest BCUT2D eigenvalue weighted by molar-refractivity contribution is 7.89. The molecule has 0 radical (unpaired) electrons. The molecule has 0 bridgehead atoms. The molecule has 2 fully saturated rings. The molecule has 1 spiro atoms. The van der Waals surface area contributed by atoms with Gasteiger partial charge in [-0.1, -0.05) is 18.2 Å². The minimum Gasteiger partial charge on any atom is -0.487 e. The number of ether oxygens (including phenoxy) is 2. The zero-order chi connectivity index (χ0) is 23.7. The Morgan fingerprint density at radius 2 is 1.85 bits per heavy atom. The number of rotatable bonds is 2. The van der Waals surface area contributed by atoms with Gasteiger partial charge in [-0.25, -0.2) is 13.2 Å². The molecule has 4 heterocycles. The molecule has 0 aliphatic carbocycles. The van der Waals surface area contributed by atoms with E-state index in [0.717, 1.165) is 30.6 Å². The number of hydrogen-bond donors (Lipinski definition) is 1. The van der Waals surface area contributed by atoms with Gasteiger partial charge in [-0.15, -0.1) is 0 Å². The van der Waals surface area contributed by atoms with Gasteiger partial charge in [0.25, 0.3) is 0 Å². The average Bonchev–Trinajstić information content (AvgIpc) is 3.19. The van der Waals surface area contributed by atoms with Crippen LogP contribution in [0.1, 0.15) is 44.8 Å². The summed E-state index contributed by atoms with van der Waals surface area (Å²) in [6.45, 7) is 5.72. The molecule has 3 aromatic rings. The number of piperidine rings is 1. The van der Waals surface area contributed by atoms with Crippen LogP contribution in [0.3, 0.4) is 0 Å². The smallest absolute Gasteiger partial charge is 0.417 e. The highest BCUT2D eigenvalue weighted by Gasteiger charge is 2.53. The molecule has 2 saturated heterocycles. The third-order valence-electron chi connectivity index (χ3n) is 7.89. The van der Waals surface area contributed by atoms with Gasteiger partial charge < -0.3 is 13.9 Å². The molecule has 8 nitrogen and oxygen atoms in total. The molecule has 6 rings (SSSR count). The van der Waals surface area contributed by atoms with Crippen LogP contribution in [0.2, 0.25) is 0 Å². The lowest BCUT2D eigenvalue weighted by Gasteiger charge is -2.54. The van der Waals surface area contributed by atoms with E-state index in [4.69, 9.17) is 13.9 Å². The molecule has 1 aromatic heterocycles. The fourth-order valence-corrected chi connectivity index (χ4v) is 7.34. The summed E-state index contributed by atoms with van der Waals surface area (Å²) in [6.07, 6.45) is 2.39. The lowest BCUT2D eigenvalue weighted by Crippen LogP contribution is -2.54. The van der Waals surface area contributed by atoms with E-state index in [9.17, 15) is 13.2 Å². The van der Waals surface area contributed by atoms with Gasteiger partial charge in [0.15, 0.2) is 5.58 Å². The summed E-state index contributed by atoms with van der Waals surface area (Å²) in [4.78, 5) is 14.1. The minimum absolute atomic E-state index is 0.00456. The first-order chi connectivity index (χ1) is 16.2. The van der Waals surface area contributed by atoms with Crippen LogP contribution in [0.25, 0.3) is 11.1 Å². The molecule has 0 unspecified atom stereocenters. The zero-order valence-electron chi connectivity index (χ0n) is 19.2. The molecule has 9 heteroatoms. The van der Waals surface area contributed by atoms with Gasteiger partial charge in [-0.05, 0) is 56.7 Å². The van der Waals surface area contributed by atoms with E-state index in [-0.39, 0.29) is 33.5 Å². The van der Waals surface area contributed by atoms with Crippen LogP contribution in [0.15, 0.2) is 56.6 Å². The van der Waals surface area contributed by atoms with Gasteiger partial charge in [0.05, 0.1) is 23.1 Å². The standard InChI is InChI=1S/C25H28N2O6S/c1-24(2)18-14-25(15-31-22(18)17-5-3-4-6-20(17)33-24)9-11-27(12-10-25)34(29,30)16-7-8-19-21(13-16)32-23(28)26-19/h3-8,13,18,22H,9-12,14-15H2,1-2H3,(H,26,28)/t18-,22+/m0/s1. The van der Waals surface area contributed by atoms with E-state index >= 15 is 0 Å². The Morgan fingerprint density at radius 1 is 1.09 bits per heavy atom. The minimum atomic E-state index is -3.69. The van der Waals surface area contributed by atoms with Crippen molar-refractivity contribution in [3.63, 3.8) is 0 Å². The quantitative estimate of drug-likeness (QED) is 0.593. The van der Waals surface area contributed by atoms with E-state index < -0.39 is 15.8 Å². The van der Waals surface area contributed by atoms with Crippen LogP contribution in [-0.4, -0.2) is 43.0 Å². The van der Waals surface area contributed by atoms with E-state index in [2.05, 4.69) is 24.9 Å². The molecule has 3 aliphatic heterocycles. The number of hydrogen-bond acceptors (Lipinski definition) is 6. The van der Waals surface area contributed by atoms with Crippen molar-refractivity contribution in [3.05, 3.63) is 58.6 Å². The molecule has 3 aliphatic rings. The zero-order valence-corrected chi connectivity index (χ0v) is 20.1. The number of para-hydroxylation sites is 1. The van der Waals surface area contributed by atoms with Gasteiger partial charge >= 0.3 is 5.76 Å². The lowest BCUT2D eigenvalue weighted by atomic mass is 9.64. The molecule has 0 saturated carbocycles. The number of H-pyrrole nitrogens is 1. The van der Waals surface area contributed by atoms with Crippen molar-refractivity contribution in [1.29, 1.82) is 0 Å². The molecule has 2 atom stereocenters. The molecule has 180 valence electrons. The third-order valence-corrected chi connectivity index (χ3v) is 9.79. The maximum absolute atomic E-state index is 13.3. The first-order valence-electron chi connectivity index (χ1n) is 11.7. The summed E-state index contributed by atoms with van der Waals surface area (Å²) in [6, 6.07) is 12.6.